The number of carbonyl (C=O) groups is 2. The molecule has 0 fully saturated rings. The molecular weight excluding hydrogens is 333 g/mol. The van der Waals surface area contributed by atoms with Gasteiger partial charge >= 0.3 is 0 Å². The zero-order valence-electron chi connectivity index (χ0n) is 9.84. The van der Waals surface area contributed by atoms with Crippen molar-refractivity contribution in [2.75, 3.05) is 13.2 Å². The van der Waals surface area contributed by atoms with Gasteiger partial charge in [0.25, 0.3) is 11.8 Å². The molecule has 0 saturated heterocycles. The van der Waals surface area contributed by atoms with Crippen LogP contribution in [0.3, 0.4) is 0 Å². The Morgan fingerprint density at radius 2 is 1.47 bits per heavy atom. The van der Waals surface area contributed by atoms with Gasteiger partial charge in [-0.1, -0.05) is 26.0 Å². The molecule has 2 amide bonds. The van der Waals surface area contributed by atoms with E-state index in [1.54, 1.807) is 24.3 Å². The third-order valence-electron chi connectivity index (χ3n) is 2.20. The Hall–Kier alpha value is -0.950. The quantitative estimate of drug-likeness (QED) is 0.656. The molecule has 1 aromatic rings. The molecule has 0 radical (unpaired) electrons. The standard InChI is InChI=1S/C10H9NO3.C2H6.HI/c12-6-5-11-9(13)7-3-1-2-4-8(7)10(11)14;1-2;/h1-4,12H,5-6H2;1-2H3;1H. The number of aliphatic hydroxyl groups excluding tert-OH is 1. The highest BCUT2D eigenvalue weighted by molar-refractivity contribution is 14.0. The number of carbonyl (C=O) groups excluding carboxylic acids is 2. The third kappa shape index (κ3) is 3.04. The summed E-state index contributed by atoms with van der Waals surface area (Å²) >= 11 is 0. The predicted octanol–water partition coefficient (Wildman–Crippen LogP) is 1.92. The van der Waals surface area contributed by atoms with E-state index >= 15 is 0 Å². The number of imide groups is 1. The van der Waals surface area contributed by atoms with E-state index in [1.165, 1.54) is 0 Å². The first-order chi connectivity index (χ1) is 7.75. The fourth-order valence-electron chi connectivity index (χ4n) is 1.54. The zero-order chi connectivity index (χ0) is 12.1. The molecule has 1 aliphatic rings. The lowest BCUT2D eigenvalue weighted by atomic mass is 10.1. The van der Waals surface area contributed by atoms with Crippen LogP contribution in [0.4, 0.5) is 0 Å². The zero-order valence-corrected chi connectivity index (χ0v) is 12.2. The minimum atomic E-state index is -0.320. The van der Waals surface area contributed by atoms with E-state index in [0.717, 1.165) is 4.90 Å². The van der Waals surface area contributed by atoms with Crippen LogP contribution in [0.15, 0.2) is 24.3 Å². The van der Waals surface area contributed by atoms with E-state index in [9.17, 15) is 9.59 Å². The van der Waals surface area contributed by atoms with Crippen molar-refractivity contribution in [2.45, 2.75) is 13.8 Å². The Kier molecular flexibility index (Phi) is 6.98. The van der Waals surface area contributed by atoms with Crippen molar-refractivity contribution in [3.63, 3.8) is 0 Å². The van der Waals surface area contributed by atoms with Gasteiger partial charge in [0.15, 0.2) is 0 Å². The number of aliphatic hydroxyl groups is 1. The average Bonchev–Trinajstić information content (AvgIpc) is 2.58. The van der Waals surface area contributed by atoms with Gasteiger partial charge in [-0.2, -0.15) is 0 Å². The number of hydrogen-bond donors (Lipinski definition) is 1. The van der Waals surface area contributed by atoms with Gasteiger partial charge in [-0.3, -0.25) is 14.5 Å². The van der Waals surface area contributed by atoms with E-state index in [-0.39, 0.29) is 48.9 Å². The summed E-state index contributed by atoms with van der Waals surface area (Å²) in [6.07, 6.45) is 0. The summed E-state index contributed by atoms with van der Waals surface area (Å²) < 4.78 is 0. The molecule has 1 aliphatic heterocycles. The van der Waals surface area contributed by atoms with Gasteiger partial charge in [0.2, 0.25) is 0 Å². The first-order valence-electron chi connectivity index (χ1n) is 5.32. The van der Waals surface area contributed by atoms with Crippen molar-refractivity contribution >= 4 is 35.8 Å². The fraction of sp³-hybridized carbons (Fsp3) is 0.333. The molecule has 0 saturated carbocycles. The number of fused-ring (bicyclic) bond motifs is 1. The Bertz CT molecular complexity index is 371. The molecule has 0 unspecified atom stereocenters. The molecule has 0 atom stereocenters. The molecule has 0 aliphatic carbocycles. The molecule has 4 nitrogen and oxygen atoms in total. The summed E-state index contributed by atoms with van der Waals surface area (Å²) in [5.41, 5.74) is 0.844. The monoisotopic (exact) mass is 349 g/mol. The van der Waals surface area contributed by atoms with Gasteiger partial charge in [0.1, 0.15) is 0 Å². The Morgan fingerprint density at radius 3 is 1.82 bits per heavy atom. The Morgan fingerprint density at radius 1 is 1.06 bits per heavy atom. The smallest absolute Gasteiger partial charge is 0.261 e. The lowest BCUT2D eigenvalue weighted by Crippen LogP contribution is -2.32. The summed E-state index contributed by atoms with van der Waals surface area (Å²) in [5, 5.41) is 8.70. The summed E-state index contributed by atoms with van der Waals surface area (Å²) in [6, 6.07) is 6.67. The summed E-state index contributed by atoms with van der Waals surface area (Å²) in [6.45, 7) is 3.86. The number of amides is 2. The van der Waals surface area contributed by atoms with Crippen LogP contribution in [-0.2, 0) is 0 Å². The predicted molar refractivity (Wildman–Crippen MR) is 75.7 cm³/mol. The van der Waals surface area contributed by atoms with Crippen LogP contribution in [0.5, 0.6) is 0 Å². The molecule has 0 bridgehead atoms. The van der Waals surface area contributed by atoms with Crippen molar-refractivity contribution in [1.29, 1.82) is 0 Å². The Labute approximate surface area is 118 Å². The molecule has 0 aromatic heterocycles. The first-order valence-corrected chi connectivity index (χ1v) is 5.32. The second kappa shape index (κ2) is 7.39. The van der Waals surface area contributed by atoms with Gasteiger partial charge in [-0.25, -0.2) is 0 Å². The number of β-amino-alcohol motifs (C(OH)–C–C–N with tert-alkyl or cyclic N) is 1. The lowest BCUT2D eigenvalue weighted by Gasteiger charge is -2.10. The van der Waals surface area contributed by atoms with Gasteiger partial charge in [-0.15, -0.1) is 24.0 Å². The van der Waals surface area contributed by atoms with Crippen LogP contribution >= 0.6 is 24.0 Å². The van der Waals surface area contributed by atoms with Crippen LogP contribution in [-0.4, -0.2) is 35.0 Å². The topological polar surface area (TPSA) is 57.6 Å². The molecule has 94 valence electrons. The van der Waals surface area contributed by atoms with Crippen LogP contribution in [0.2, 0.25) is 0 Å². The maximum atomic E-state index is 11.6. The SMILES string of the molecule is CC.I.O=C1c2ccccc2C(=O)N1CCO. The van der Waals surface area contributed by atoms with Crippen molar-refractivity contribution in [1.82, 2.24) is 4.90 Å². The number of rotatable bonds is 2. The highest BCUT2D eigenvalue weighted by atomic mass is 127. The van der Waals surface area contributed by atoms with Crippen molar-refractivity contribution in [3.05, 3.63) is 35.4 Å². The summed E-state index contributed by atoms with van der Waals surface area (Å²) in [4.78, 5) is 24.2. The average molecular weight is 349 g/mol. The van der Waals surface area contributed by atoms with E-state index in [2.05, 4.69) is 0 Å². The molecule has 2 rings (SSSR count). The van der Waals surface area contributed by atoms with Crippen LogP contribution in [0.1, 0.15) is 34.6 Å². The van der Waals surface area contributed by atoms with Crippen molar-refractivity contribution in [3.8, 4) is 0 Å². The van der Waals surface area contributed by atoms with Gasteiger partial charge in [-0.05, 0) is 12.1 Å². The number of halogens is 1. The summed E-state index contributed by atoms with van der Waals surface area (Å²) in [5.74, 6) is -0.640. The van der Waals surface area contributed by atoms with Crippen molar-refractivity contribution in [2.24, 2.45) is 0 Å². The fourth-order valence-corrected chi connectivity index (χ4v) is 1.54. The number of nitrogens with zero attached hydrogens (tertiary/aromatic N) is 1. The van der Waals surface area contributed by atoms with Crippen LogP contribution in [0.25, 0.3) is 0 Å². The van der Waals surface area contributed by atoms with Crippen LogP contribution in [0, 0.1) is 0 Å². The lowest BCUT2D eigenvalue weighted by molar-refractivity contribution is 0.0624. The normalized spacial score (nSPS) is 12.5. The third-order valence-corrected chi connectivity index (χ3v) is 2.20. The molecule has 1 heterocycles. The number of hydrogen-bond acceptors (Lipinski definition) is 3. The van der Waals surface area contributed by atoms with E-state index in [1.807, 2.05) is 13.8 Å². The maximum Gasteiger partial charge on any atom is 0.261 e. The highest BCUT2D eigenvalue weighted by Crippen LogP contribution is 2.21. The Balaban J connectivity index is 0.000000811. The molecule has 1 aromatic carbocycles. The van der Waals surface area contributed by atoms with Gasteiger partial charge in [0.05, 0.1) is 24.3 Å². The minimum Gasteiger partial charge on any atom is -0.395 e. The molecule has 5 heteroatoms. The second-order valence-electron chi connectivity index (χ2n) is 3.03. The van der Waals surface area contributed by atoms with Crippen LogP contribution < -0.4 is 0 Å². The minimum absolute atomic E-state index is 0. The van der Waals surface area contributed by atoms with E-state index < -0.39 is 0 Å². The van der Waals surface area contributed by atoms with Gasteiger partial charge in [0, 0.05) is 0 Å². The maximum absolute atomic E-state index is 11.6. The van der Waals surface area contributed by atoms with E-state index in [4.69, 9.17) is 5.11 Å². The highest BCUT2D eigenvalue weighted by Gasteiger charge is 2.34. The second-order valence-corrected chi connectivity index (χ2v) is 3.03. The first kappa shape index (κ1) is 16.1. The number of benzene rings is 1. The van der Waals surface area contributed by atoms with E-state index in [0.29, 0.717) is 11.1 Å². The summed E-state index contributed by atoms with van der Waals surface area (Å²) in [7, 11) is 0. The molecular formula is C12H16INO3. The molecule has 17 heavy (non-hydrogen) atoms. The van der Waals surface area contributed by atoms with Gasteiger partial charge < -0.3 is 5.11 Å². The molecule has 0 spiro atoms. The van der Waals surface area contributed by atoms with Crippen molar-refractivity contribution < 1.29 is 14.7 Å². The largest absolute Gasteiger partial charge is 0.395 e. The molecule has 1 N–H and O–H groups in total.